The summed E-state index contributed by atoms with van der Waals surface area (Å²) >= 11 is 0. The van der Waals surface area contributed by atoms with Gasteiger partial charge in [0.1, 0.15) is 11.4 Å². The van der Waals surface area contributed by atoms with E-state index < -0.39 is 11.4 Å². The molecule has 0 bridgehead atoms. The molecule has 1 aliphatic heterocycles. The monoisotopic (exact) mass is 252 g/mol. The van der Waals surface area contributed by atoms with Crippen molar-refractivity contribution in [3.05, 3.63) is 30.1 Å². The number of hydrogen-bond donors (Lipinski definition) is 2. The van der Waals surface area contributed by atoms with Crippen LogP contribution in [0.5, 0.6) is 0 Å². The molecular weight excluding hydrogens is 235 g/mol. The van der Waals surface area contributed by atoms with Crippen LogP contribution in [-0.2, 0) is 9.53 Å². The van der Waals surface area contributed by atoms with Crippen LogP contribution in [0.3, 0.4) is 0 Å². The van der Waals surface area contributed by atoms with Gasteiger partial charge in [-0.2, -0.15) is 0 Å². The zero-order valence-electron chi connectivity index (χ0n) is 10.1. The number of halogens is 1. The van der Waals surface area contributed by atoms with Crippen LogP contribution >= 0.6 is 0 Å². The summed E-state index contributed by atoms with van der Waals surface area (Å²) in [5.74, 6) is -0.762. The number of primary amides is 1. The molecule has 5 heteroatoms. The summed E-state index contributed by atoms with van der Waals surface area (Å²) in [4.78, 5) is 11.7. The lowest BCUT2D eigenvalue weighted by Gasteiger charge is -2.31. The normalized spacial score (nSPS) is 24.3. The number of nitrogens with one attached hydrogen (secondary N) is 1. The minimum Gasteiger partial charge on any atom is -0.381 e. The standard InChI is InChI=1S/C13H17FN2O2/c14-10-3-1-4-11(9-10)16-13(12(15)17)5-2-7-18-8-6-13/h1,3-4,9,16H,2,5-8H2,(H2,15,17). The van der Waals surface area contributed by atoms with Crippen molar-refractivity contribution in [3.63, 3.8) is 0 Å². The summed E-state index contributed by atoms with van der Waals surface area (Å²) < 4.78 is 18.5. The number of carbonyl (C=O) groups is 1. The van der Waals surface area contributed by atoms with Crippen molar-refractivity contribution >= 4 is 11.6 Å². The van der Waals surface area contributed by atoms with Crippen LogP contribution in [0, 0.1) is 5.82 Å². The summed E-state index contributed by atoms with van der Waals surface area (Å²) in [6, 6.07) is 6.04. The molecule has 3 N–H and O–H groups in total. The van der Waals surface area contributed by atoms with Gasteiger partial charge in [0, 0.05) is 25.3 Å². The highest BCUT2D eigenvalue weighted by molar-refractivity contribution is 5.88. The van der Waals surface area contributed by atoms with Gasteiger partial charge in [-0.05, 0) is 31.0 Å². The molecule has 1 heterocycles. The predicted molar refractivity (Wildman–Crippen MR) is 66.6 cm³/mol. The number of hydrogen-bond acceptors (Lipinski definition) is 3. The first kappa shape index (κ1) is 12.8. The Morgan fingerprint density at radius 2 is 2.22 bits per heavy atom. The summed E-state index contributed by atoms with van der Waals surface area (Å²) in [5, 5.41) is 3.08. The molecule has 2 rings (SSSR count). The van der Waals surface area contributed by atoms with Gasteiger partial charge in [0.05, 0.1) is 0 Å². The number of ether oxygens (including phenoxy) is 1. The maximum Gasteiger partial charge on any atom is 0.243 e. The van der Waals surface area contributed by atoms with Crippen LogP contribution in [0.25, 0.3) is 0 Å². The summed E-state index contributed by atoms with van der Waals surface area (Å²) in [5.41, 5.74) is 5.23. The molecule has 4 nitrogen and oxygen atoms in total. The van der Waals surface area contributed by atoms with Crippen molar-refractivity contribution in [2.24, 2.45) is 5.73 Å². The van der Waals surface area contributed by atoms with E-state index in [0.717, 1.165) is 6.42 Å². The Labute approximate surface area is 105 Å². The van der Waals surface area contributed by atoms with E-state index in [-0.39, 0.29) is 5.82 Å². The van der Waals surface area contributed by atoms with Crippen molar-refractivity contribution in [1.82, 2.24) is 0 Å². The molecule has 1 amide bonds. The van der Waals surface area contributed by atoms with Gasteiger partial charge in [-0.1, -0.05) is 6.07 Å². The summed E-state index contributed by atoms with van der Waals surface area (Å²) in [6.45, 7) is 1.10. The lowest BCUT2D eigenvalue weighted by Crippen LogP contribution is -2.50. The average Bonchev–Trinajstić information content (AvgIpc) is 2.55. The van der Waals surface area contributed by atoms with Gasteiger partial charge in [-0.25, -0.2) is 4.39 Å². The molecule has 1 atom stereocenters. The van der Waals surface area contributed by atoms with Gasteiger partial charge in [0.2, 0.25) is 5.91 Å². The SMILES string of the molecule is NC(=O)C1(Nc2cccc(F)c2)CCCOCC1. The fraction of sp³-hybridized carbons (Fsp3) is 0.462. The predicted octanol–water partition coefficient (Wildman–Crippen LogP) is 1.66. The summed E-state index contributed by atoms with van der Waals surface area (Å²) in [6.07, 6.45) is 1.85. The lowest BCUT2D eigenvalue weighted by atomic mass is 9.89. The first-order chi connectivity index (χ1) is 8.62. The highest BCUT2D eigenvalue weighted by Crippen LogP contribution is 2.26. The molecule has 98 valence electrons. The molecule has 1 saturated heterocycles. The zero-order chi connectivity index (χ0) is 13.0. The molecule has 0 radical (unpaired) electrons. The number of benzene rings is 1. The quantitative estimate of drug-likeness (QED) is 0.860. The van der Waals surface area contributed by atoms with E-state index in [1.165, 1.54) is 12.1 Å². The van der Waals surface area contributed by atoms with E-state index in [1.54, 1.807) is 12.1 Å². The zero-order valence-corrected chi connectivity index (χ0v) is 10.1. The smallest absolute Gasteiger partial charge is 0.243 e. The van der Waals surface area contributed by atoms with E-state index >= 15 is 0 Å². The van der Waals surface area contributed by atoms with E-state index in [2.05, 4.69) is 5.32 Å². The Hall–Kier alpha value is -1.62. The van der Waals surface area contributed by atoms with E-state index in [0.29, 0.717) is 31.7 Å². The van der Waals surface area contributed by atoms with E-state index in [4.69, 9.17) is 10.5 Å². The molecule has 1 aromatic rings. The highest BCUT2D eigenvalue weighted by Gasteiger charge is 2.37. The van der Waals surface area contributed by atoms with Crippen LogP contribution in [0.15, 0.2) is 24.3 Å². The van der Waals surface area contributed by atoms with Gasteiger partial charge >= 0.3 is 0 Å². The van der Waals surface area contributed by atoms with Gasteiger partial charge < -0.3 is 15.8 Å². The topological polar surface area (TPSA) is 64.4 Å². The molecular formula is C13H17FN2O2. The van der Waals surface area contributed by atoms with Crippen molar-refractivity contribution < 1.29 is 13.9 Å². The molecule has 1 aromatic carbocycles. The number of amides is 1. The second-order valence-corrected chi connectivity index (χ2v) is 4.55. The second kappa shape index (κ2) is 5.35. The van der Waals surface area contributed by atoms with E-state index in [1.807, 2.05) is 0 Å². The second-order valence-electron chi connectivity index (χ2n) is 4.55. The first-order valence-corrected chi connectivity index (χ1v) is 6.04. The molecule has 1 aliphatic rings. The maximum absolute atomic E-state index is 13.1. The maximum atomic E-state index is 13.1. The molecule has 0 saturated carbocycles. The Morgan fingerprint density at radius 1 is 1.39 bits per heavy atom. The molecule has 0 spiro atoms. The van der Waals surface area contributed by atoms with E-state index in [9.17, 15) is 9.18 Å². The van der Waals surface area contributed by atoms with Crippen molar-refractivity contribution in [2.75, 3.05) is 18.5 Å². The van der Waals surface area contributed by atoms with Crippen LogP contribution < -0.4 is 11.1 Å². The van der Waals surface area contributed by atoms with Crippen LogP contribution in [0.2, 0.25) is 0 Å². The Kier molecular flexibility index (Phi) is 3.81. The molecule has 18 heavy (non-hydrogen) atoms. The number of carbonyl (C=O) groups excluding carboxylic acids is 1. The Balaban J connectivity index is 2.22. The van der Waals surface area contributed by atoms with Crippen LogP contribution in [0.1, 0.15) is 19.3 Å². The Bertz CT molecular complexity index is 429. The molecule has 1 unspecified atom stereocenters. The van der Waals surface area contributed by atoms with Gasteiger partial charge in [-0.15, -0.1) is 0 Å². The van der Waals surface area contributed by atoms with Gasteiger partial charge in [-0.3, -0.25) is 4.79 Å². The largest absolute Gasteiger partial charge is 0.381 e. The fourth-order valence-corrected chi connectivity index (χ4v) is 2.22. The minimum absolute atomic E-state index is 0.343. The van der Waals surface area contributed by atoms with Crippen molar-refractivity contribution in [1.29, 1.82) is 0 Å². The third-order valence-corrected chi connectivity index (χ3v) is 3.25. The summed E-state index contributed by atoms with van der Waals surface area (Å²) in [7, 11) is 0. The molecule has 0 aliphatic carbocycles. The van der Waals surface area contributed by atoms with Crippen LogP contribution in [-0.4, -0.2) is 24.7 Å². The third kappa shape index (κ3) is 2.79. The van der Waals surface area contributed by atoms with Gasteiger partial charge in [0.15, 0.2) is 0 Å². The van der Waals surface area contributed by atoms with Crippen molar-refractivity contribution in [2.45, 2.75) is 24.8 Å². The molecule has 0 aromatic heterocycles. The Morgan fingerprint density at radius 3 is 2.94 bits per heavy atom. The van der Waals surface area contributed by atoms with Crippen molar-refractivity contribution in [3.8, 4) is 0 Å². The first-order valence-electron chi connectivity index (χ1n) is 6.04. The number of nitrogens with two attached hydrogens (primary N) is 1. The third-order valence-electron chi connectivity index (χ3n) is 3.25. The number of rotatable bonds is 3. The highest BCUT2D eigenvalue weighted by atomic mass is 19.1. The lowest BCUT2D eigenvalue weighted by molar-refractivity contribution is -0.122. The minimum atomic E-state index is -0.843. The number of anilines is 1. The van der Waals surface area contributed by atoms with Gasteiger partial charge in [0.25, 0.3) is 0 Å². The average molecular weight is 252 g/mol. The fourth-order valence-electron chi connectivity index (χ4n) is 2.22. The molecule has 1 fully saturated rings. The van der Waals surface area contributed by atoms with Crippen LogP contribution in [0.4, 0.5) is 10.1 Å².